The molecule has 4 nitrogen and oxygen atoms in total. The van der Waals surface area contributed by atoms with E-state index < -0.39 is 17.8 Å². The molecule has 0 saturated heterocycles. The fourth-order valence-corrected chi connectivity index (χ4v) is 3.41. The normalized spacial score (nSPS) is 23.6. The van der Waals surface area contributed by atoms with Crippen molar-refractivity contribution < 1.29 is 14.7 Å². The zero-order chi connectivity index (χ0) is 15.5. The maximum absolute atomic E-state index is 12.4. The number of fused-ring (bicyclic) bond motifs is 1. The van der Waals surface area contributed by atoms with Crippen molar-refractivity contribution in [1.29, 1.82) is 0 Å². The van der Waals surface area contributed by atoms with Crippen LogP contribution >= 0.6 is 0 Å². The quantitative estimate of drug-likeness (QED) is 0.866. The van der Waals surface area contributed by atoms with Crippen LogP contribution in [-0.4, -0.2) is 11.9 Å². The van der Waals surface area contributed by atoms with Gasteiger partial charge in [-0.05, 0) is 61.8 Å². The molecule has 0 radical (unpaired) electrons. The zero-order valence-electron chi connectivity index (χ0n) is 12.5. The molecule has 0 fully saturated rings. The summed E-state index contributed by atoms with van der Waals surface area (Å²) < 4.78 is 0. The Balaban J connectivity index is 1.73. The average Bonchev–Trinajstić information content (AvgIpc) is 2.54. The van der Waals surface area contributed by atoms with Gasteiger partial charge in [0.2, 0.25) is 5.91 Å². The predicted octanol–water partition coefficient (Wildman–Crippen LogP) is 1.84. The van der Waals surface area contributed by atoms with Crippen LogP contribution in [-0.2, 0) is 22.4 Å². The smallest absolute Gasteiger partial charge is 0.228 e. The largest absolute Gasteiger partial charge is 0.550 e. The maximum Gasteiger partial charge on any atom is 0.228 e. The van der Waals surface area contributed by atoms with E-state index in [0.717, 1.165) is 18.5 Å². The second-order valence-electron chi connectivity index (χ2n) is 6.15. The van der Waals surface area contributed by atoms with Crippen molar-refractivity contribution in [2.45, 2.75) is 38.5 Å². The Bertz CT molecular complexity index is 621. The molecule has 0 aromatic heterocycles. The first-order valence-electron chi connectivity index (χ1n) is 7.93. The molecule has 1 aromatic rings. The van der Waals surface area contributed by atoms with Gasteiger partial charge in [-0.2, -0.15) is 0 Å². The molecule has 2 atom stereocenters. The molecule has 1 aromatic carbocycles. The molecular formula is C18H20NO3-. The summed E-state index contributed by atoms with van der Waals surface area (Å²) in [4.78, 5) is 23.6. The predicted molar refractivity (Wildman–Crippen MR) is 82.1 cm³/mol. The maximum atomic E-state index is 12.4. The second kappa shape index (κ2) is 6.34. The lowest BCUT2D eigenvalue weighted by atomic mass is 9.82. The Labute approximate surface area is 130 Å². The van der Waals surface area contributed by atoms with E-state index in [9.17, 15) is 14.7 Å². The van der Waals surface area contributed by atoms with Gasteiger partial charge in [-0.1, -0.05) is 18.2 Å². The number of carbonyl (C=O) groups is 2. The van der Waals surface area contributed by atoms with Crippen LogP contribution in [0.3, 0.4) is 0 Å². The summed E-state index contributed by atoms with van der Waals surface area (Å²) in [5.41, 5.74) is 3.42. The van der Waals surface area contributed by atoms with Gasteiger partial charge in [0, 0.05) is 17.6 Å². The van der Waals surface area contributed by atoms with Crippen LogP contribution in [0.2, 0.25) is 0 Å². The Morgan fingerprint density at radius 2 is 1.68 bits per heavy atom. The van der Waals surface area contributed by atoms with Crippen molar-refractivity contribution in [3.8, 4) is 0 Å². The van der Waals surface area contributed by atoms with Gasteiger partial charge in [0.05, 0.1) is 5.92 Å². The lowest BCUT2D eigenvalue weighted by molar-refractivity contribution is -0.313. The van der Waals surface area contributed by atoms with E-state index >= 15 is 0 Å². The molecule has 2 aliphatic carbocycles. The number of hydrogen-bond acceptors (Lipinski definition) is 3. The highest BCUT2D eigenvalue weighted by Gasteiger charge is 2.29. The second-order valence-corrected chi connectivity index (χ2v) is 6.15. The lowest BCUT2D eigenvalue weighted by Crippen LogP contribution is -2.41. The third-order valence-electron chi connectivity index (χ3n) is 4.69. The molecule has 22 heavy (non-hydrogen) atoms. The summed E-state index contributed by atoms with van der Waals surface area (Å²) in [6.45, 7) is 0. The highest BCUT2D eigenvalue weighted by Crippen LogP contribution is 2.28. The number of nitrogens with one attached hydrogen (secondary N) is 1. The van der Waals surface area contributed by atoms with Crippen molar-refractivity contribution in [1.82, 2.24) is 0 Å². The molecule has 1 amide bonds. The zero-order valence-corrected chi connectivity index (χ0v) is 12.5. The lowest BCUT2D eigenvalue weighted by Gasteiger charge is -2.28. The molecule has 0 spiro atoms. The van der Waals surface area contributed by atoms with Crippen LogP contribution in [0.5, 0.6) is 0 Å². The number of hydrogen-bond donors (Lipinski definition) is 1. The first-order chi connectivity index (χ1) is 10.6. The number of carboxylic acid groups (broad SMARTS) is 1. The summed E-state index contributed by atoms with van der Waals surface area (Å²) in [6, 6.07) is 6.01. The molecule has 0 heterocycles. The van der Waals surface area contributed by atoms with E-state index in [2.05, 4.69) is 11.4 Å². The summed E-state index contributed by atoms with van der Waals surface area (Å²) in [7, 11) is 0. The Hall–Kier alpha value is -2.10. The number of aryl methyl sites for hydroxylation is 2. The first kappa shape index (κ1) is 14.8. The van der Waals surface area contributed by atoms with Crippen molar-refractivity contribution in [3.05, 3.63) is 41.5 Å². The summed E-state index contributed by atoms with van der Waals surface area (Å²) in [5.74, 6) is -2.65. The third-order valence-corrected chi connectivity index (χ3v) is 4.69. The van der Waals surface area contributed by atoms with E-state index in [1.807, 2.05) is 24.3 Å². The van der Waals surface area contributed by atoms with Gasteiger partial charge in [0.1, 0.15) is 0 Å². The molecule has 2 aliphatic rings. The minimum absolute atomic E-state index is 0.227. The number of anilines is 1. The third kappa shape index (κ3) is 3.06. The van der Waals surface area contributed by atoms with Crippen LogP contribution in [0.25, 0.3) is 0 Å². The van der Waals surface area contributed by atoms with Gasteiger partial charge in [-0.25, -0.2) is 0 Å². The van der Waals surface area contributed by atoms with E-state index in [-0.39, 0.29) is 5.91 Å². The highest BCUT2D eigenvalue weighted by molar-refractivity contribution is 5.95. The molecule has 116 valence electrons. The molecular weight excluding hydrogens is 278 g/mol. The number of amides is 1. The van der Waals surface area contributed by atoms with Gasteiger partial charge in [0.25, 0.3) is 0 Å². The van der Waals surface area contributed by atoms with Gasteiger partial charge in [-0.15, -0.1) is 0 Å². The van der Waals surface area contributed by atoms with E-state index in [1.165, 1.54) is 24.0 Å². The number of carbonyl (C=O) groups excluding carboxylic acids is 2. The average molecular weight is 298 g/mol. The topological polar surface area (TPSA) is 69.2 Å². The number of carboxylic acids is 1. The van der Waals surface area contributed by atoms with Gasteiger partial charge < -0.3 is 15.2 Å². The number of rotatable bonds is 3. The Morgan fingerprint density at radius 3 is 2.41 bits per heavy atom. The first-order valence-corrected chi connectivity index (χ1v) is 7.93. The molecule has 0 saturated carbocycles. The van der Waals surface area contributed by atoms with Gasteiger partial charge in [0.15, 0.2) is 0 Å². The molecule has 4 heteroatoms. The van der Waals surface area contributed by atoms with Crippen molar-refractivity contribution in [2.24, 2.45) is 11.8 Å². The molecule has 0 unspecified atom stereocenters. The summed E-state index contributed by atoms with van der Waals surface area (Å²) in [5, 5.41) is 14.1. The number of benzene rings is 1. The van der Waals surface area contributed by atoms with Gasteiger partial charge in [-0.3, -0.25) is 4.79 Å². The van der Waals surface area contributed by atoms with E-state index in [0.29, 0.717) is 12.8 Å². The van der Waals surface area contributed by atoms with Crippen molar-refractivity contribution in [2.75, 3.05) is 5.32 Å². The van der Waals surface area contributed by atoms with Crippen LogP contribution in [0.4, 0.5) is 5.69 Å². The Kier molecular flexibility index (Phi) is 4.27. The molecule has 0 bridgehead atoms. The number of aliphatic carboxylic acids is 1. The summed E-state index contributed by atoms with van der Waals surface area (Å²) >= 11 is 0. The van der Waals surface area contributed by atoms with Crippen LogP contribution < -0.4 is 10.4 Å². The SMILES string of the molecule is O=C([O-])[C@H]1CC=CC[C@@H]1C(=O)Nc1ccc2c(c1)CCCC2. The molecule has 1 N–H and O–H groups in total. The fourth-order valence-electron chi connectivity index (χ4n) is 3.41. The highest BCUT2D eigenvalue weighted by atomic mass is 16.4. The van der Waals surface area contributed by atoms with Crippen LogP contribution in [0.1, 0.15) is 36.8 Å². The number of allylic oxidation sites excluding steroid dienone is 2. The van der Waals surface area contributed by atoms with Crippen molar-refractivity contribution >= 4 is 17.6 Å². The van der Waals surface area contributed by atoms with E-state index in [4.69, 9.17) is 0 Å². The van der Waals surface area contributed by atoms with Crippen molar-refractivity contribution in [3.63, 3.8) is 0 Å². The monoisotopic (exact) mass is 298 g/mol. The van der Waals surface area contributed by atoms with Crippen LogP contribution in [0.15, 0.2) is 30.4 Å². The van der Waals surface area contributed by atoms with Crippen LogP contribution in [0, 0.1) is 11.8 Å². The standard InChI is InChI=1S/C18H21NO3/c20-17(15-7-3-4-8-16(15)18(21)22)19-14-10-9-12-5-1-2-6-13(12)11-14/h3-4,9-11,15-16H,1-2,5-8H2,(H,19,20)(H,21,22)/p-1/t15-,16-/m0/s1. The molecule has 0 aliphatic heterocycles. The molecule has 3 rings (SSSR count). The summed E-state index contributed by atoms with van der Waals surface area (Å²) in [6.07, 6.45) is 9.06. The minimum atomic E-state index is -1.14. The minimum Gasteiger partial charge on any atom is -0.550 e. The van der Waals surface area contributed by atoms with E-state index in [1.54, 1.807) is 0 Å². The van der Waals surface area contributed by atoms with Gasteiger partial charge >= 0.3 is 0 Å². The fraction of sp³-hybridized carbons (Fsp3) is 0.444. The Morgan fingerprint density at radius 1 is 1.00 bits per heavy atom.